The van der Waals surface area contributed by atoms with Crippen LogP contribution in [0.2, 0.25) is 0 Å². The average Bonchev–Trinajstić information content (AvgIpc) is 2.55. The minimum atomic E-state index is -2.65. The van der Waals surface area contributed by atoms with E-state index in [2.05, 4.69) is 27.7 Å². The fourth-order valence-corrected chi connectivity index (χ4v) is 14.6. The highest BCUT2D eigenvalue weighted by atomic mass is 33.7. The van der Waals surface area contributed by atoms with Crippen LogP contribution in [0.15, 0.2) is 0 Å². The van der Waals surface area contributed by atoms with Gasteiger partial charge in [-0.3, -0.25) is 0 Å². The minimum Gasteiger partial charge on any atom is -0.373 e. The third-order valence-electron chi connectivity index (χ3n) is 4.61. The molecule has 0 heterocycles. The highest BCUT2D eigenvalue weighted by Gasteiger charge is 2.46. The summed E-state index contributed by atoms with van der Waals surface area (Å²) >= 11 is 0. The topological polar surface area (TPSA) is 27.7 Å². The monoisotopic (exact) mass is 444 g/mol. The van der Waals surface area contributed by atoms with Crippen molar-refractivity contribution in [1.29, 1.82) is 0 Å². The van der Waals surface area contributed by atoms with E-state index in [-0.39, 0.29) is 11.5 Å². The molecule has 0 aromatic rings. The smallest absolute Gasteiger partial charge is 0.373 e. The van der Waals surface area contributed by atoms with Crippen molar-refractivity contribution in [2.75, 3.05) is 18.6 Å². The fraction of sp³-hybridized carbons (Fsp3) is 1.00. The van der Waals surface area contributed by atoms with E-state index in [0.29, 0.717) is 18.5 Å². The SMILES string of the molecule is CCO[Si](CSSSSC(C)C)(OCC)OC(C)C1(C)CCCCC1. The first-order chi connectivity index (χ1) is 11.9. The van der Waals surface area contributed by atoms with Crippen LogP contribution in [0.4, 0.5) is 0 Å². The lowest BCUT2D eigenvalue weighted by atomic mass is 9.72. The van der Waals surface area contributed by atoms with Crippen LogP contribution in [-0.4, -0.2) is 38.7 Å². The fourth-order valence-electron chi connectivity index (χ4n) is 3.05. The third kappa shape index (κ3) is 9.02. The predicted octanol–water partition coefficient (Wildman–Crippen LogP) is 7.00. The first-order valence-electron chi connectivity index (χ1n) is 9.45. The summed E-state index contributed by atoms with van der Waals surface area (Å²) in [7, 11) is 4.71. The van der Waals surface area contributed by atoms with Gasteiger partial charge >= 0.3 is 8.80 Å². The van der Waals surface area contributed by atoms with E-state index in [1.54, 1.807) is 0 Å². The number of hydrogen-bond acceptors (Lipinski definition) is 7. The van der Waals surface area contributed by atoms with Crippen LogP contribution in [0, 0.1) is 5.41 Å². The van der Waals surface area contributed by atoms with E-state index in [1.165, 1.54) is 32.1 Å². The second kappa shape index (κ2) is 12.9. The maximum atomic E-state index is 6.63. The van der Waals surface area contributed by atoms with Crippen molar-refractivity contribution in [1.82, 2.24) is 0 Å². The standard InChI is InChI=1S/C17H36O3S4Si/c1-7-18-25(19-8-2,14-21-23-24-22-15(3)4)20-16(5)17(6)12-10-9-11-13-17/h15-16H,7-14H2,1-6H3. The number of hydrogen-bond donors (Lipinski definition) is 0. The van der Waals surface area contributed by atoms with Gasteiger partial charge in [-0.1, -0.05) is 61.6 Å². The zero-order chi connectivity index (χ0) is 18.8. The molecule has 3 nitrogen and oxygen atoms in total. The van der Waals surface area contributed by atoms with Crippen LogP contribution in [0.1, 0.15) is 73.6 Å². The normalized spacial score (nSPS) is 19.3. The molecule has 0 saturated heterocycles. The molecule has 1 unspecified atom stereocenters. The van der Waals surface area contributed by atoms with Gasteiger partial charge in [-0.05, 0) is 58.7 Å². The van der Waals surface area contributed by atoms with Crippen molar-refractivity contribution in [2.45, 2.75) is 85.0 Å². The molecule has 150 valence electrons. The van der Waals surface area contributed by atoms with Crippen molar-refractivity contribution >= 4 is 50.0 Å². The lowest BCUT2D eigenvalue weighted by molar-refractivity contribution is -0.0251. The largest absolute Gasteiger partial charge is 0.512 e. The first-order valence-corrected chi connectivity index (χ1v) is 16.4. The van der Waals surface area contributed by atoms with Crippen LogP contribution >= 0.6 is 41.2 Å². The van der Waals surface area contributed by atoms with E-state index in [4.69, 9.17) is 13.3 Å². The molecule has 8 heteroatoms. The molecule has 0 amide bonds. The Balaban J connectivity index is 2.65. The molecule has 1 saturated carbocycles. The molecule has 0 bridgehead atoms. The predicted molar refractivity (Wildman–Crippen MR) is 121 cm³/mol. The van der Waals surface area contributed by atoms with E-state index in [1.807, 2.05) is 55.1 Å². The Morgan fingerprint density at radius 1 is 0.960 bits per heavy atom. The summed E-state index contributed by atoms with van der Waals surface area (Å²) in [6, 6.07) is 0. The van der Waals surface area contributed by atoms with Gasteiger partial charge < -0.3 is 13.3 Å². The molecule has 0 aromatic heterocycles. The Kier molecular flexibility index (Phi) is 12.6. The molecule has 25 heavy (non-hydrogen) atoms. The van der Waals surface area contributed by atoms with Gasteiger partial charge in [0.2, 0.25) is 0 Å². The van der Waals surface area contributed by atoms with Crippen LogP contribution in [-0.2, 0) is 13.3 Å². The van der Waals surface area contributed by atoms with Gasteiger partial charge in [-0.25, -0.2) is 0 Å². The van der Waals surface area contributed by atoms with E-state index in [9.17, 15) is 0 Å². The molecule has 0 aliphatic heterocycles. The van der Waals surface area contributed by atoms with Crippen molar-refractivity contribution in [2.24, 2.45) is 5.41 Å². The van der Waals surface area contributed by atoms with Crippen LogP contribution < -0.4 is 0 Å². The average molecular weight is 445 g/mol. The minimum absolute atomic E-state index is 0.181. The molecule has 1 aliphatic carbocycles. The molecule has 1 aliphatic rings. The summed E-state index contributed by atoms with van der Waals surface area (Å²) in [5, 5.41) is 1.45. The lowest BCUT2D eigenvalue weighted by Gasteiger charge is -2.42. The van der Waals surface area contributed by atoms with Crippen LogP contribution in [0.5, 0.6) is 0 Å². The van der Waals surface area contributed by atoms with Crippen LogP contribution in [0.3, 0.4) is 0 Å². The molecular weight excluding hydrogens is 409 g/mol. The molecule has 0 spiro atoms. The molecule has 1 atom stereocenters. The second-order valence-electron chi connectivity index (χ2n) is 7.07. The Morgan fingerprint density at radius 3 is 2.08 bits per heavy atom. The van der Waals surface area contributed by atoms with Crippen molar-refractivity contribution in [3.05, 3.63) is 0 Å². The van der Waals surface area contributed by atoms with Gasteiger partial charge in [-0.15, -0.1) is 0 Å². The maximum Gasteiger partial charge on any atom is 0.512 e. The lowest BCUT2D eigenvalue weighted by Crippen LogP contribution is -2.53. The van der Waals surface area contributed by atoms with E-state index < -0.39 is 8.80 Å². The van der Waals surface area contributed by atoms with Crippen LogP contribution in [0.25, 0.3) is 0 Å². The Bertz CT molecular complexity index is 349. The second-order valence-corrected chi connectivity index (χ2v) is 16.6. The van der Waals surface area contributed by atoms with Crippen molar-refractivity contribution in [3.8, 4) is 0 Å². The van der Waals surface area contributed by atoms with Crippen molar-refractivity contribution < 1.29 is 13.3 Å². The molecule has 1 fully saturated rings. The van der Waals surface area contributed by atoms with Gasteiger partial charge in [0.05, 0.1) is 11.5 Å². The summed E-state index contributed by atoms with van der Waals surface area (Å²) in [4.78, 5) is 0. The van der Waals surface area contributed by atoms with E-state index >= 15 is 0 Å². The van der Waals surface area contributed by atoms with Gasteiger partial charge in [0, 0.05) is 18.5 Å². The molecule has 1 rings (SSSR count). The van der Waals surface area contributed by atoms with Gasteiger partial charge in [0.1, 0.15) is 0 Å². The van der Waals surface area contributed by atoms with Gasteiger partial charge in [-0.2, -0.15) is 0 Å². The molecular formula is C17H36O3S4Si. The maximum absolute atomic E-state index is 6.63. The summed E-state index contributed by atoms with van der Waals surface area (Å²) < 4.78 is 18.9. The Labute approximate surface area is 171 Å². The summed E-state index contributed by atoms with van der Waals surface area (Å²) in [6.45, 7) is 14.4. The number of rotatable bonds is 13. The first kappa shape index (κ1) is 24.5. The summed E-state index contributed by atoms with van der Waals surface area (Å²) in [5.74, 6) is 0. The summed E-state index contributed by atoms with van der Waals surface area (Å²) in [5.41, 5.74) is 0.255. The Hall–Kier alpha value is 1.50. The molecule has 0 N–H and O–H groups in total. The summed E-state index contributed by atoms with van der Waals surface area (Å²) in [6.07, 6.45) is 6.67. The quantitative estimate of drug-likeness (QED) is 0.171. The third-order valence-corrected chi connectivity index (χ3v) is 15.8. The zero-order valence-electron chi connectivity index (χ0n) is 16.7. The highest BCUT2D eigenvalue weighted by Crippen LogP contribution is 2.46. The Morgan fingerprint density at radius 2 is 1.56 bits per heavy atom. The highest BCUT2D eigenvalue weighted by molar-refractivity contribution is 9.26. The molecule has 0 radical (unpaired) electrons. The van der Waals surface area contributed by atoms with Gasteiger partial charge in [0.25, 0.3) is 0 Å². The van der Waals surface area contributed by atoms with Crippen molar-refractivity contribution in [3.63, 3.8) is 0 Å². The van der Waals surface area contributed by atoms with E-state index in [0.717, 1.165) is 5.38 Å². The van der Waals surface area contributed by atoms with Gasteiger partial charge in [0.15, 0.2) is 0 Å². The molecule has 0 aromatic carbocycles. The zero-order valence-corrected chi connectivity index (χ0v) is 20.9.